The third kappa shape index (κ3) is 7.07. The van der Waals surface area contributed by atoms with Gasteiger partial charge in [-0.3, -0.25) is 9.59 Å². The number of anilines is 1. The second kappa shape index (κ2) is 12.2. The van der Waals surface area contributed by atoms with E-state index >= 15 is 0 Å². The number of aryl methyl sites for hydroxylation is 1. The second-order valence-electron chi connectivity index (χ2n) is 7.13. The summed E-state index contributed by atoms with van der Waals surface area (Å²) in [5.74, 6) is -0.635. The number of hydrogen-bond donors (Lipinski definition) is 2. The first-order chi connectivity index (χ1) is 16.4. The second-order valence-corrected chi connectivity index (χ2v) is 8.45. The van der Waals surface area contributed by atoms with Crippen LogP contribution in [0.3, 0.4) is 0 Å². The lowest BCUT2D eigenvalue weighted by Gasteiger charge is -2.13. The number of halogens is 2. The lowest BCUT2D eigenvalue weighted by atomic mass is 10.2. The fourth-order valence-electron chi connectivity index (χ4n) is 2.93. The van der Waals surface area contributed by atoms with E-state index in [0.717, 1.165) is 15.6 Å². The maximum Gasteiger partial charge on any atom is 0.329 e. The van der Waals surface area contributed by atoms with Gasteiger partial charge in [0.2, 0.25) is 0 Å². The standard InChI is InChI=1S/C25H23BrClN3O4/c1-3-33-23-13-17(8-11-22(23)34-15-18-6-4-5-7-20(18)27)14-28-30-25(32)24(31)29-21-10-9-19(26)12-16(21)2/h4-14H,3,15H2,1-2H3,(H,29,31)(H,30,32)/b28-14+. The van der Waals surface area contributed by atoms with Crippen molar-refractivity contribution in [3.63, 3.8) is 0 Å². The molecule has 0 heterocycles. The minimum absolute atomic E-state index is 0.288. The van der Waals surface area contributed by atoms with Crippen LogP contribution >= 0.6 is 27.5 Å². The van der Waals surface area contributed by atoms with Crippen molar-refractivity contribution in [3.05, 3.63) is 86.8 Å². The van der Waals surface area contributed by atoms with Crippen LogP contribution in [-0.4, -0.2) is 24.6 Å². The molecule has 176 valence electrons. The number of amides is 2. The molecule has 0 saturated heterocycles. The van der Waals surface area contributed by atoms with Gasteiger partial charge in [-0.25, -0.2) is 5.43 Å². The van der Waals surface area contributed by atoms with Gasteiger partial charge < -0.3 is 14.8 Å². The van der Waals surface area contributed by atoms with Crippen molar-refractivity contribution < 1.29 is 19.1 Å². The first-order valence-electron chi connectivity index (χ1n) is 10.4. The first kappa shape index (κ1) is 25.3. The number of hydrogen-bond acceptors (Lipinski definition) is 5. The number of ether oxygens (including phenoxy) is 2. The first-order valence-corrected chi connectivity index (χ1v) is 11.6. The Morgan fingerprint density at radius 2 is 1.82 bits per heavy atom. The number of nitrogens with one attached hydrogen (secondary N) is 2. The molecule has 3 aromatic rings. The molecule has 0 aromatic heterocycles. The minimum atomic E-state index is -0.886. The van der Waals surface area contributed by atoms with Crippen LogP contribution in [0.4, 0.5) is 5.69 Å². The van der Waals surface area contributed by atoms with Gasteiger partial charge in [-0.1, -0.05) is 45.7 Å². The predicted octanol–water partition coefficient (Wildman–Crippen LogP) is 5.48. The maximum absolute atomic E-state index is 12.1. The van der Waals surface area contributed by atoms with Crippen molar-refractivity contribution in [2.45, 2.75) is 20.5 Å². The summed E-state index contributed by atoms with van der Waals surface area (Å²) in [4.78, 5) is 24.2. The van der Waals surface area contributed by atoms with Crippen LogP contribution in [0.2, 0.25) is 5.02 Å². The van der Waals surface area contributed by atoms with Gasteiger partial charge in [-0.05, 0) is 67.4 Å². The van der Waals surface area contributed by atoms with Gasteiger partial charge in [0.25, 0.3) is 0 Å². The average molecular weight is 545 g/mol. The van der Waals surface area contributed by atoms with Crippen molar-refractivity contribution in [2.75, 3.05) is 11.9 Å². The summed E-state index contributed by atoms with van der Waals surface area (Å²) in [5.41, 5.74) is 5.09. The topological polar surface area (TPSA) is 89.0 Å². The molecule has 0 atom stereocenters. The third-order valence-corrected chi connectivity index (χ3v) is 5.49. The van der Waals surface area contributed by atoms with Gasteiger partial charge in [0.15, 0.2) is 11.5 Å². The monoisotopic (exact) mass is 543 g/mol. The van der Waals surface area contributed by atoms with Gasteiger partial charge in [0.1, 0.15) is 6.61 Å². The summed E-state index contributed by atoms with van der Waals surface area (Å²) in [5, 5.41) is 7.05. The maximum atomic E-state index is 12.1. The molecular formula is C25H23BrClN3O4. The Morgan fingerprint density at radius 1 is 1.03 bits per heavy atom. The molecule has 0 aliphatic heterocycles. The van der Waals surface area contributed by atoms with Crippen molar-refractivity contribution in [1.82, 2.24) is 5.43 Å². The summed E-state index contributed by atoms with van der Waals surface area (Å²) < 4.78 is 12.4. The van der Waals surface area contributed by atoms with Crippen molar-refractivity contribution in [3.8, 4) is 11.5 Å². The van der Waals surface area contributed by atoms with E-state index < -0.39 is 11.8 Å². The SMILES string of the molecule is CCOc1cc(/C=N/NC(=O)C(=O)Nc2ccc(Br)cc2C)ccc1OCc1ccccc1Cl. The highest BCUT2D eigenvalue weighted by molar-refractivity contribution is 9.10. The molecular weight excluding hydrogens is 522 g/mol. The highest BCUT2D eigenvalue weighted by Gasteiger charge is 2.14. The van der Waals surface area contributed by atoms with E-state index in [0.29, 0.717) is 34.4 Å². The van der Waals surface area contributed by atoms with Crippen LogP contribution in [0.1, 0.15) is 23.6 Å². The van der Waals surface area contributed by atoms with Crippen molar-refractivity contribution in [1.29, 1.82) is 0 Å². The Bertz CT molecular complexity index is 1220. The number of carbonyl (C=O) groups excluding carboxylic acids is 2. The number of carbonyl (C=O) groups is 2. The highest BCUT2D eigenvalue weighted by Crippen LogP contribution is 2.29. The van der Waals surface area contributed by atoms with Crippen LogP contribution in [0.5, 0.6) is 11.5 Å². The van der Waals surface area contributed by atoms with Crippen LogP contribution < -0.4 is 20.2 Å². The van der Waals surface area contributed by atoms with Gasteiger partial charge >= 0.3 is 11.8 Å². The van der Waals surface area contributed by atoms with E-state index in [4.69, 9.17) is 21.1 Å². The normalized spacial score (nSPS) is 10.7. The molecule has 2 amide bonds. The molecule has 3 rings (SSSR count). The summed E-state index contributed by atoms with van der Waals surface area (Å²) in [6.45, 7) is 4.42. The van der Waals surface area contributed by atoms with E-state index in [1.807, 2.05) is 38.1 Å². The van der Waals surface area contributed by atoms with E-state index in [1.165, 1.54) is 6.21 Å². The molecule has 0 aliphatic rings. The van der Waals surface area contributed by atoms with Gasteiger partial charge in [-0.15, -0.1) is 0 Å². The molecule has 9 heteroatoms. The average Bonchev–Trinajstić information content (AvgIpc) is 2.81. The third-order valence-electron chi connectivity index (χ3n) is 4.63. The number of hydrazone groups is 1. The molecule has 0 unspecified atom stereocenters. The number of rotatable bonds is 8. The smallest absolute Gasteiger partial charge is 0.329 e. The fraction of sp³-hybridized carbons (Fsp3) is 0.160. The lowest BCUT2D eigenvalue weighted by Crippen LogP contribution is -2.32. The quantitative estimate of drug-likeness (QED) is 0.223. The van der Waals surface area contributed by atoms with Crippen molar-refractivity contribution >= 4 is 51.2 Å². The molecule has 34 heavy (non-hydrogen) atoms. The zero-order valence-electron chi connectivity index (χ0n) is 18.6. The summed E-state index contributed by atoms with van der Waals surface area (Å²) in [6, 6.07) is 18.0. The van der Waals surface area contributed by atoms with Crippen LogP contribution in [0.25, 0.3) is 0 Å². The number of nitrogens with zero attached hydrogens (tertiary/aromatic N) is 1. The zero-order chi connectivity index (χ0) is 24.5. The number of benzene rings is 3. The Kier molecular flexibility index (Phi) is 9.07. The minimum Gasteiger partial charge on any atom is -0.490 e. The van der Waals surface area contributed by atoms with Crippen LogP contribution in [0.15, 0.2) is 70.2 Å². The van der Waals surface area contributed by atoms with Crippen LogP contribution in [-0.2, 0) is 16.2 Å². The van der Waals surface area contributed by atoms with Gasteiger partial charge in [0.05, 0.1) is 12.8 Å². The molecule has 0 fully saturated rings. The van der Waals surface area contributed by atoms with Crippen molar-refractivity contribution in [2.24, 2.45) is 5.10 Å². The zero-order valence-corrected chi connectivity index (χ0v) is 20.9. The Morgan fingerprint density at radius 3 is 2.56 bits per heavy atom. The molecule has 0 saturated carbocycles. The molecule has 0 bridgehead atoms. The molecule has 0 spiro atoms. The lowest BCUT2D eigenvalue weighted by molar-refractivity contribution is -0.136. The Balaban J connectivity index is 1.61. The predicted molar refractivity (Wildman–Crippen MR) is 137 cm³/mol. The van der Waals surface area contributed by atoms with Gasteiger partial charge in [0, 0.05) is 20.7 Å². The Labute approximate surface area is 211 Å². The Hall–Kier alpha value is -3.36. The van der Waals surface area contributed by atoms with Gasteiger partial charge in [-0.2, -0.15) is 5.10 Å². The largest absolute Gasteiger partial charge is 0.490 e. The van der Waals surface area contributed by atoms with E-state index in [9.17, 15) is 9.59 Å². The fourth-order valence-corrected chi connectivity index (χ4v) is 3.59. The molecule has 3 aromatic carbocycles. The summed E-state index contributed by atoms with van der Waals surface area (Å²) >= 11 is 9.54. The van der Waals surface area contributed by atoms with E-state index in [2.05, 4.69) is 31.8 Å². The van der Waals surface area contributed by atoms with Crippen LogP contribution in [0, 0.1) is 6.92 Å². The molecule has 0 aliphatic carbocycles. The molecule has 0 radical (unpaired) electrons. The molecule has 2 N–H and O–H groups in total. The highest BCUT2D eigenvalue weighted by atomic mass is 79.9. The summed E-state index contributed by atoms with van der Waals surface area (Å²) in [7, 11) is 0. The summed E-state index contributed by atoms with van der Waals surface area (Å²) in [6.07, 6.45) is 1.41. The van der Waals surface area contributed by atoms with E-state index in [1.54, 1.807) is 36.4 Å². The van der Waals surface area contributed by atoms with E-state index in [-0.39, 0.29) is 6.61 Å². The molecule has 7 nitrogen and oxygen atoms in total.